The highest BCUT2D eigenvalue weighted by Gasteiger charge is 2.31. The zero-order valence-electron chi connectivity index (χ0n) is 13.7. The molecule has 2 N–H and O–H groups in total. The summed E-state index contributed by atoms with van der Waals surface area (Å²) in [5.74, 6) is -0.434. The lowest BCUT2D eigenvalue weighted by molar-refractivity contribution is -0.124. The number of nitrogens with zero attached hydrogens (tertiary/aromatic N) is 3. The van der Waals surface area contributed by atoms with Crippen LogP contribution < -0.4 is 17.0 Å². The monoisotopic (exact) mass is 328 g/mol. The van der Waals surface area contributed by atoms with Crippen molar-refractivity contribution in [1.29, 1.82) is 0 Å². The smallest absolute Gasteiger partial charge is 0.330 e. The van der Waals surface area contributed by atoms with Gasteiger partial charge in [0.1, 0.15) is 6.04 Å². The van der Waals surface area contributed by atoms with E-state index in [4.69, 9.17) is 5.73 Å². The van der Waals surface area contributed by atoms with Crippen molar-refractivity contribution < 1.29 is 4.79 Å². The summed E-state index contributed by atoms with van der Waals surface area (Å²) >= 11 is 0. The molecule has 24 heavy (non-hydrogen) atoms. The molecule has 7 nitrogen and oxygen atoms in total. The summed E-state index contributed by atoms with van der Waals surface area (Å²) < 4.78 is 2.49. The first-order chi connectivity index (χ1) is 11.4. The molecule has 0 spiro atoms. The molecular formula is C17H20N4O3. The van der Waals surface area contributed by atoms with Crippen LogP contribution in [0.5, 0.6) is 0 Å². The van der Waals surface area contributed by atoms with E-state index in [0.717, 1.165) is 22.1 Å². The molecule has 0 bridgehead atoms. The SMILES string of the molecule is Cn1c(CN2CCc3ccccc3C2C(N)=O)cc(=O)n(C)c1=O. The fraction of sp³-hybridized carbons (Fsp3) is 0.353. The molecule has 0 saturated heterocycles. The molecular weight excluding hydrogens is 308 g/mol. The number of carbonyl (C=O) groups is 1. The lowest BCUT2D eigenvalue weighted by Crippen LogP contribution is -2.44. The molecule has 1 atom stereocenters. The standard InChI is InChI=1S/C17H20N4O3/c1-19-12(9-14(22)20(2)17(19)24)10-21-8-7-11-5-3-4-6-13(11)15(21)16(18)23/h3-6,9,15H,7-8,10H2,1-2H3,(H2,18,23). The third-order valence-corrected chi connectivity index (χ3v) is 4.64. The van der Waals surface area contributed by atoms with Crippen LogP contribution in [0.3, 0.4) is 0 Å². The van der Waals surface area contributed by atoms with Crippen LogP contribution in [0.1, 0.15) is 22.9 Å². The maximum absolute atomic E-state index is 12.1. The predicted molar refractivity (Wildman–Crippen MR) is 89.4 cm³/mol. The number of nitrogens with two attached hydrogens (primary N) is 1. The molecule has 1 amide bonds. The average molecular weight is 328 g/mol. The first kappa shape index (κ1) is 16.2. The summed E-state index contributed by atoms with van der Waals surface area (Å²) in [5.41, 5.74) is 7.45. The van der Waals surface area contributed by atoms with Gasteiger partial charge in [0.2, 0.25) is 5.91 Å². The number of primary amides is 1. The van der Waals surface area contributed by atoms with Crippen LogP contribution in [0.2, 0.25) is 0 Å². The van der Waals surface area contributed by atoms with E-state index >= 15 is 0 Å². The van der Waals surface area contributed by atoms with E-state index in [1.165, 1.54) is 17.7 Å². The third kappa shape index (κ3) is 2.67. The molecule has 0 saturated carbocycles. The third-order valence-electron chi connectivity index (χ3n) is 4.64. The van der Waals surface area contributed by atoms with Crippen molar-refractivity contribution in [3.05, 3.63) is 68.0 Å². The molecule has 2 heterocycles. The molecule has 126 valence electrons. The van der Waals surface area contributed by atoms with Crippen molar-refractivity contribution in [3.63, 3.8) is 0 Å². The molecule has 3 rings (SSSR count). The van der Waals surface area contributed by atoms with Gasteiger partial charge in [-0.2, -0.15) is 0 Å². The molecule has 7 heteroatoms. The second-order valence-electron chi connectivity index (χ2n) is 6.10. The summed E-state index contributed by atoms with van der Waals surface area (Å²) in [6, 6.07) is 8.59. The first-order valence-electron chi connectivity index (χ1n) is 7.77. The van der Waals surface area contributed by atoms with Crippen molar-refractivity contribution in [1.82, 2.24) is 14.0 Å². The highest BCUT2D eigenvalue weighted by Crippen LogP contribution is 2.30. The molecule has 1 aromatic carbocycles. The van der Waals surface area contributed by atoms with E-state index in [-0.39, 0.29) is 11.2 Å². The van der Waals surface area contributed by atoms with E-state index in [0.29, 0.717) is 18.8 Å². The minimum Gasteiger partial charge on any atom is -0.368 e. The highest BCUT2D eigenvalue weighted by atomic mass is 16.2. The maximum Gasteiger partial charge on any atom is 0.330 e. The van der Waals surface area contributed by atoms with Gasteiger partial charge in [0.15, 0.2) is 0 Å². The van der Waals surface area contributed by atoms with Crippen LogP contribution in [-0.4, -0.2) is 26.5 Å². The Kier molecular flexibility index (Phi) is 4.11. The van der Waals surface area contributed by atoms with Gasteiger partial charge in [0.25, 0.3) is 5.56 Å². The van der Waals surface area contributed by atoms with Gasteiger partial charge in [-0.1, -0.05) is 24.3 Å². The Labute approximate surface area is 138 Å². The van der Waals surface area contributed by atoms with Crippen LogP contribution in [-0.2, 0) is 31.9 Å². The summed E-state index contributed by atoms with van der Waals surface area (Å²) in [6.45, 7) is 0.942. The molecule has 1 aliphatic heterocycles. The van der Waals surface area contributed by atoms with Crippen LogP contribution in [0.25, 0.3) is 0 Å². The van der Waals surface area contributed by atoms with Crippen molar-refractivity contribution >= 4 is 5.91 Å². The van der Waals surface area contributed by atoms with Crippen LogP contribution in [0.15, 0.2) is 39.9 Å². The van der Waals surface area contributed by atoms with E-state index < -0.39 is 11.9 Å². The Morgan fingerprint density at radius 3 is 2.62 bits per heavy atom. The van der Waals surface area contributed by atoms with Crippen molar-refractivity contribution in [2.75, 3.05) is 6.54 Å². The van der Waals surface area contributed by atoms with Gasteiger partial charge >= 0.3 is 5.69 Å². The second-order valence-corrected chi connectivity index (χ2v) is 6.10. The zero-order valence-corrected chi connectivity index (χ0v) is 13.7. The van der Waals surface area contributed by atoms with Gasteiger partial charge in [0.05, 0.1) is 0 Å². The summed E-state index contributed by atoms with van der Waals surface area (Å²) in [5, 5.41) is 0. The Morgan fingerprint density at radius 1 is 1.21 bits per heavy atom. The van der Waals surface area contributed by atoms with Crippen molar-refractivity contribution in [3.8, 4) is 0 Å². The number of benzene rings is 1. The largest absolute Gasteiger partial charge is 0.368 e. The van der Waals surface area contributed by atoms with Crippen LogP contribution >= 0.6 is 0 Å². The second kappa shape index (κ2) is 6.09. The fourth-order valence-corrected chi connectivity index (χ4v) is 3.26. The fourth-order valence-electron chi connectivity index (χ4n) is 3.26. The Hall–Kier alpha value is -2.67. The minimum atomic E-state index is -0.561. The van der Waals surface area contributed by atoms with E-state index in [9.17, 15) is 14.4 Å². The number of aromatic nitrogens is 2. The number of hydrogen-bond acceptors (Lipinski definition) is 4. The average Bonchev–Trinajstić information content (AvgIpc) is 2.57. The Morgan fingerprint density at radius 2 is 1.92 bits per heavy atom. The lowest BCUT2D eigenvalue weighted by atomic mass is 9.92. The van der Waals surface area contributed by atoms with E-state index in [1.807, 2.05) is 29.2 Å². The first-order valence-corrected chi connectivity index (χ1v) is 7.77. The molecule has 0 fully saturated rings. The molecule has 0 aliphatic carbocycles. The number of fused-ring (bicyclic) bond motifs is 1. The van der Waals surface area contributed by atoms with Gasteiger partial charge in [0, 0.05) is 38.9 Å². The number of rotatable bonds is 3. The van der Waals surface area contributed by atoms with E-state index in [2.05, 4.69) is 0 Å². The maximum atomic E-state index is 12.1. The lowest BCUT2D eigenvalue weighted by Gasteiger charge is -2.35. The predicted octanol–water partition coefficient (Wildman–Crippen LogP) is -0.331. The van der Waals surface area contributed by atoms with Crippen molar-refractivity contribution in [2.45, 2.75) is 19.0 Å². The molecule has 1 aromatic heterocycles. The van der Waals surface area contributed by atoms with Gasteiger partial charge in [-0.3, -0.25) is 23.6 Å². The molecule has 0 radical (unpaired) electrons. The quantitative estimate of drug-likeness (QED) is 0.835. The normalized spacial score (nSPS) is 17.5. The van der Waals surface area contributed by atoms with Crippen LogP contribution in [0.4, 0.5) is 0 Å². The highest BCUT2D eigenvalue weighted by molar-refractivity contribution is 5.82. The van der Waals surface area contributed by atoms with Gasteiger partial charge in [-0.25, -0.2) is 4.79 Å². The zero-order chi connectivity index (χ0) is 17.4. The molecule has 2 aromatic rings. The Bertz CT molecular complexity index is 913. The molecule has 1 aliphatic rings. The summed E-state index contributed by atoms with van der Waals surface area (Å²) in [7, 11) is 3.06. The van der Waals surface area contributed by atoms with E-state index in [1.54, 1.807) is 7.05 Å². The topological polar surface area (TPSA) is 90.3 Å². The van der Waals surface area contributed by atoms with Crippen molar-refractivity contribution in [2.24, 2.45) is 19.8 Å². The number of hydrogen-bond donors (Lipinski definition) is 1. The Balaban J connectivity index is 2.01. The van der Waals surface area contributed by atoms with Gasteiger partial charge < -0.3 is 5.73 Å². The van der Waals surface area contributed by atoms with Gasteiger partial charge in [-0.15, -0.1) is 0 Å². The summed E-state index contributed by atoms with van der Waals surface area (Å²) in [6.07, 6.45) is 0.790. The van der Waals surface area contributed by atoms with Crippen LogP contribution in [0, 0.1) is 0 Å². The number of amides is 1. The van der Waals surface area contributed by atoms with Gasteiger partial charge in [-0.05, 0) is 17.5 Å². The summed E-state index contributed by atoms with van der Waals surface area (Å²) in [4.78, 5) is 37.9. The number of carbonyl (C=O) groups excluding carboxylic acids is 1. The minimum absolute atomic E-state index is 0.309. The molecule has 1 unspecified atom stereocenters.